The minimum Gasteiger partial charge on any atom is -0.453 e. The van der Waals surface area contributed by atoms with Gasteiger partial charge in [-0.05, 0) is 37.1 Å². The fourth-order valence-electron chi connectivity index (χ4n) is 3.87. The van der Waals surface area contributed by atoms with Gasteiger partial charge in [0, 0.05) is 55.9 Å². The van der Waals surface area contributed by atoms with Gasteiger partial charge in [0.15, 0.2) is 5.75 Å². The first-order valence-electron chi connectivity index (χ1n) is 11.5. The van der Waals surface area contributed by atoms with Gasteiger partial charge in [-0.2, -0.15) is 4.37 Å². The predicted octanol–water partition coefficient (Wildman–Crippen LogP) is 7.05. The van der Waals surface area contributed by atoms with Crippen LogP contribution in [0.1, 0.15) is 31.5 Å². The van der Waals surface area contributed by atoms with Gasteiger partial charge in [-0.15, -0.1) is 0 Å². The van der Waals surface area contributed by atoms with E-state index in [9.17, 15) is 4.79 Å². The Bertz CT molecular complexity index is 1380. The standard InChI is InChI=1S/C25H22Cl2N6O2S2/c1-15(34)33-11-8-16(9-12-33)24-31-25(37-32-24)30-21-13-19(35-23-17(26)5-4-6-18(23)27)20(14-29-21)36-22-7-2-3-10-28-22/h2-7,10,13-14,16H,8-9,11-12H2,1H3,(H,29,30,31,32). The number of benzene rings is 1. The van der Waals surface area contributed by atoms with Crippen LogP contribution in [-0.2, 0) is 4.79 Å². The molecule has 1 amide bonds. The maximum atomic E-state index is 11.6. The molecular weight excluding hydrogens is 551 g/mol. The van der Waals surface area contributed by atoms with E-state index in [1.807, 2.05) is 23.1 Å². The van der Waals surface area contributed by atoms with Crippen LogP contribution in [0.15, 0.2) is 64.8 Å². The van der Waals surface area contributed by atoms with E-state index in [4.69, 9.17) is 27.9 Å². The Kier molecular flexibility index (Phi) is 8.09. The number of nitrogens with one attached hydrogen (secondary N) is 1. The number of hydrogen-bond donors (Lipinski definition) is 1. The van der Waals surface area contributed by atoms with E-state index in [1.165, 1.54) is 23.3 Å². The van der Waals surface area contributed by atoms with Crippen LogP contribution in [0.25, 0.3) is 0 Å². The first-order chi connectivity index (χ1) is 18.0. The third kappa shape index (κ3) is 6.32. The van der Waals surface area contributed by atoms with Crippen LogP contribution in [0, 0.1) is 0 Å². The highest BCUT2D eigenvalue weighted by Crippen LogP contribution is 2.42. The smallest absolute Gasteiger partial charge is 0.219 e. The number of nitrogens with zero attached hydrogens (tertiary/aromatic N) is 5. The van der Waals surface area contributed by atoms with Crippen LogP contribution in [0.5, 0.6) is 11.5 Å². The Morgan fingerprint density at radius 1 is 1.14 bits per heavy atom. The molecule has 3 aromatic heterocycles. The number of aromatic nitrogens is 4. The number of amides is 1. The van der Waals surface area contributed by atoms with Crippen LogP contribution in [0.3, 0.4) is 0 Å². The Morgan fingerprint density at radius 3 is 2.62 bits per heavy atom. The quantitative estimate of drug-likeness (QED) is 0.252. The number of carbonyl (C=O) groups excluding carboxylic acids is 1. The summed E-state index contributed by atoms with van der Waals surface area (Å²) in [7, 11) is 0. The van der Waals surface area contributed by atoms with Crippen molar-refractivity contribution in [3.8, 4) is 11.5 Å². The number of pyridine rings is 2. The summed E-state index contributed by atoms with van der Waals surface area (Å²) in [4.78, 5) is 27.8. The van der Waals surface area contributed by atoms with Crippen molar-refractivity contribution in [2.24, 2.45) is 0 Å². The molecule has 8 nitrogen and oxygen atoms in total. The number of rotatable bonds is 7. The highest BCUT2D eigenvalue weighted by Gasteiger charge is 2.25. The van der Waals surface area contributed by atoms with E-state index in [-0.39, 0.29) is 11.8 Å². The molecule has 1 fully saturated rings. The molecule has 0 bridgehead atoms. The molecule has 12 heteroatoms. The number of hydrogen-bond acceptors (Lipinski definition) is 9. The van der Waals surface area contributed by atoms with Gasteiger partial charge in [0.25, 0.3) is 0 Å². The van der Waals surface area contributed by atoms with Crippen molar-refractivity contribution in [2.75, 3.05) is 18.4 Å². The summed E-state index contributed by atoms with van der Waals surface area (Å²) in [5.41, 5.74) is 0. The lowest BCUT2D eigenvalue weighted by Crippen LogP contribution is -2.36. The average molecular weight is 574 g/mol. The van der Waals surface area contributed by atoms with Gasteiger partial charge in [-0.25, -0.2) is 15.0 Å². The molecule has 190 valence electrons. The molecule has 0 atom stereocenters. The van der Waals surface area contributed by atoms with Crippen molar-refractivity contribution >= 4 is 63.4 Å². The van der Waals surface area contributed by atoms with Crippen molar-refractivity contribution in [2.45, 2.75) is 35.6 Å². The fourth-order valence-corrected chi connectivity index (χ4v) is 5.79. The number of piperidine rings is 1. The lowest BCUT2D eigenvalue weighted by molar-refractivity contribution is -0.129. The Labute approximate surface area is 232 Å². The van der Waals surface area contributed by atoms with Crippen LogP contribution < -0.4 is 10.1 Å². The number of para-hydroxylation sites is 1. The molecule has 5 rings (SSSR count). The zero-order valence-electron chi connectivity index (χ0n) is 19.7. The van der Waals surface area contributed by atoms with Gasteiger partial charge in [0.1, 0.15) is 22.4 Å². The highest BCUT2D eigenvalue weighted by atomic mass is 35.5. The second-order valence-corrected chi connectivity index (χ2v) is 10.9. The molecule has 0 saturated carbocycles. The summed E-state index contributed by atoms with van der Waals surface area (Å²) in [6.07, 6.45) is 5.14. The molecule has 0 radical (unpaired) electrons. The molecule has 4 aromatic rings. The second kappa shape index (κ2) is 11.6. The molecule has 0 spiro atoms. The first kappa shape index (κ1) is 25.7. The van der Waals surface area contributed by atoms with Crippen molar-refractivity contribution in [3.05, 3.63) is 70.7 Å². The van der Waals surface area contributed by atoms with Crippen molar-refractivity contribution in [3.63, 3.8) is 0 Å². The predicted molar refractivity (Wildman–Crippen MR) is 147 cm³/mol. The first-order valence-corrected chi connectivity index (χ1v) is 13.9. The molecule has 4 heterocycles. The molecule has 37 heavy (non-hydrogen) atoms. The number of ether oxygens (including phenoxy) is 1. The number of halogens is 2. The Hall–Kier alpha value is -2.92. The van der Waals surface area contributed by atoms with Crippen molar-refractivity contribution < 1.29 is 9.53 Å². The molecular formula is C25H22Cl2N6O2S2. The van der Waals surface area contributed by atoms with Gasteiger partial charge in [0.05, 0.1) is 14.9 Å². The molecule has 0 aliphatic carbocycles. The molecule has 1 saturated heterocycles. The van der Waals surface area contributed by atoms with Gasteiger partial charge >= 0.3 is 0 Å². The Morgan fingerprint density at radius 2 is 1.92 bits per heavy atom. The normalized spacial score (nSPS) is 14.0. The molecule has 1 aromatic carbocycles. The van der Waals surface area contributed by atoms with Gasteiger partial charge in [0.2, 0.25) is 11.0 Å². The summed E-state index contributed by atoms with van der Waals surface area (Å²) < 4.78 is 10.7. The zero-order valence-corrected chi connectivity index (χ0v) is 22.9. The highest BCUT2D eigenvalue weighted by molar-refractivity contribution is 7.99. The van der Waals surface area contributed by atoms with Gasteiger partial charge in [-0.1, -0.05) is 47.1 Å². The number of anilines is 2. The second-order valence-electron chi connectivity index (χ2n) is 8.30. The van der Waals surface area contributed by atoms with E-state index < -0.39 is 0 Å². The van der Waals surface area contributed by atoms with E-state index in [0.29, 0.717) is 32.5 Å². The summed E-state index contributed by atoms with van der Waals surface area (Å²) in [6, 6.07) is 12.7. The van der Waals surface area contributed by atoms with Crippen LogP contribution in [0.4, 0.5) is 10.9 Å². The molecule has 1 aliphatic rings. The van der Waals surface area contributed by atoms with Crippen LogP contribution >= 0.6 is 46.5 Å². The maximum absolute atomic E-state index is 11.6. The number of likely N-dealkylation sites (tertiary alicyclic amines) is 1. The zero-order chi connectivity index (χ0) is 25.8. The fraction of sp³-hybridized carbons (Fsp3) is 0.240. The van der Waals surface area contributed by atoms with Crippen LogP contribution in [-0.4, -0.2) is 43.2 Å². The summed E-state index contributed by atoms with van der Waals surface area (Å²) in [6.45, 7) is 3.06. The summed E-state index contributed by atoms with van der Waals surface area (Å²) in [5, 5.41) is 5.46. The lowest BCUT2D eigenvalue weighted by atomic mass is 9.96. The lowest BCUT2D eigenvalue weighted by Gasteiger charge is -2.29. The monoisotopic (exact) mass is 572 g/mol. The largest absolute Gasteiger partial charge is 0.453 e. The SMILES string of the molecule is CC(=O)N1CCC(c2nsc(Nc3cc(Oc4c(Cl)cccc4Cl)c(Sc4ccccn4)cn3)n2)CC1. The number of carbonyl (C=O) groups is 1. The van der Waals surface area contributed by atoms with Crippen LogP contribution in [0.2, 0.25) is 10.0 Å². The van der Waals surface area contributed by atoms with E-state index in [1.54, 1.807) is 43.6 Å². The average Bonchev–Trinajstić information content (AvgIpc) is 3.37. The van der Waals surface area contributed by atoms with Crippen molar-refractivity contribution in [1.29, 1.82) is 0 Å². The van der Waals surface area contributed by atoms with Crippen molar-refractivity contribution in [1.82, 2.24) is 24.2 Å². The molecule has 0 unspecified atom stereocenters. The third-order valence-electron chi connectivity index (χ3n) is 5.80. The minimum atomic E-state index is 0.110. The summed E-state index contributed by atoms with van der Waals surface area (Å²) >= 11 is 15.4. The Balaban J connectivity index is 1.37. The minimum absolute atomic E-state index is 0.110. The maximum Gasteiger partial charge on any atom is 0.219 e. The van der Waals surface area contributed by atoms with E-state index >= 15 is 0 Å². The molecule has 1 aliphatic heterocycles. The third-order valence-corrected chi connectivity index (χ3v) is 8.01. The van der Waals surface area contributed by atoms with Gasteiger partial charge < -0.3 is 15.0 Å². The van der Waals surface area contributed by atoms with E-state index in [2.05, 4.69) is 24.6 Å². The van der Waals surface area contributed by atoms with Gasteiger partial charge in [-0.3, -0.25) is 4.79 Å². The van der Waals surface area contributed by atoms with E-state index in [0.717, 1.165) is 41.7 Å². The topological polar surface area (TPSA) is 93.1 Å². The summed E-state index contributed by atoms with van der Waals surface area (Å²) in [5.74, 6) is 2.55. The molecule has 1 N–H and O–H groups in total.